The zero-order chi connectivity index (χ0) is 42.2. The summed E-state index contributed by atoms with van der Waals surface area (Å²) in [4.78, 5) is 20.9. The van der Waals surface area contributed by atoms with Crippen molar-refractivity contribution in [3.05, 3.63) is 241 Å². The van der Waals surface area contributed by atoms with E-state index < -0.39 is 5.41 Å². The molecular formula is C59H36N4O. The van der Waals surface area contributed by atoms with Crippen LogP contribution in [0.5, 0.6) is 11.5 Å². The normalized spacial score (nSPS) is 12.9. The molecule has 5 heteroatoms. The van der Waals surface area contributed by atoms with E-state index in [1.54, 1.807) is 0 Å². The summed E-state index contributed by atoms with van der Waals surface area (Å²) < 4.78 is 7.28. The van der Waals surface area contributed by atoms with Gasteiger partial charge >= 0.3 is 0 Å². The predicted octanol–water partition coefficient (Wildman–Crippen LogP) is 14.4. The monoisotopic (exact) mass is 816 g/mol. The summed E-state index contributed by atoms with van der Waals surface area (Å²) in [7, 11) is 0. The zero-order valence-electron chi connectivity index (χ0n) is 34.5. The molecule has 5 nitrogen and oxygen atoms in total. The molecule has 13 rings (SSSR count). The summed E-state index contributed by atoms with van der Waals surface area (Å²) in [5, 5.41) is 2.95. The van der Waals surface area contributed by atoms with E-state index in [9.17, 15) is 0 Å². The lowest BCUT2D eigenvalue weighted by Gasteiger charge is -2.40. The Morgan fingerprint density at radius 3 is 1.47 bits per heavy atom. The molecular weight excluding hydrogens is 781 g/mol. The van der Waals surface area contributed by atoms with E-state index in [0.29, 0.717) is 17.5 Å². The van der Waals surface area contributed by atoms with E-state index in [1.807, 2.05) is 42.5 Å². The fourth-order valence-corrected chi connectivity index (χ4v) is 10.1. The van der Waals surface area contributed by atoms with E-state index in [-0.39, 0.29) is 0 Å². The van der Waals surface area contributed by atoms with Crippen molar-refractivity contribution < 1.29 is 4.74 Å². The van der Waals surface area contributed by atoms with Gasteiger partial charge in [-0.25, -0.2) is 19.9 Å². The third-order valence-corrected chi connectivity index (χ3v) is 13.0. The van der Waals surface area contributed by atoms with Crippen LogP contribution in [-0.4, -0.2) is 19.9 Å². The van der Waals surface area contributed by atoms with Gasteiger partial charge in [0.2, 0.25) is 0 Å². The summed E-state index contributed by atoms with van der Waals surface area (Å²) in [6, 6.07) is 76.6. The molecule has 1 aliphatic carbocycles. The Kier molecular flexibility index (Phi) is 8.06. The maximum absolute atomic E-state index is 7.28. The minimum absolute atomic E-state index is 0.573. The fourth-order valence-electron chi connectivity index (χ4n) is 10.1. The first kappa shape index (κ1) is 36.1. The van der Waals surface area contributed by atoms with E-state index in [2.05, 4.69) is 176 Å². The van der Waals surface area contributed by atoms with Gasteiger partial charge in [-0.15, -0.1) is 0 Å². The first-order chi connectivity index (χ1) is 31.7. The van der Waals surface area contributed by atoms with Crippen LogP contribution in [0.2, 0.25) is 0 Å². The van der Waals surface area contributed by atoms with Gasteiger partial charge in [-0.2, -0.15) is 0 Å². The van der Waals surface area contributed by atoms with Crippen LogP contribution in [0, 0.1) is 0 Å². The molecule has 0 saturated carbocycles. The zero-order valence-corrected chi connectivity index (χ0v) is 34.5. The standard InChI is InChI=1S/C59H36N4O/c1-4-16-37(17-5-1)38-28-30-41(31-29-38)57-61-56(40-20-8-3-9-21-40)62-58(63-57)42-32-35-51-46(36-42)53-45(54(60-51)39-18-6-2-7-19-39)33-34-50-55(53)64-52-27-15-14-26-49(52)59(50)47-24-12-10-22-43(47)44-23-11-13-25-48(44)59/h1-36H. The Morgan fingerprint density at radius 1 is 0.328 bits per heavy atom. The molecule has 0 radical (unpaired) electrons. The van der Waals surface area contributed by atoms with Crippen molar-refractivity contribution in [2.75, 3.05) is 0 Å². The highest BCUT2D eigenvalue weighted by Crippen LogP contribution is 2.63. The van der Waals surface area contributed by atoms with Crippen LogP contribution in [0.15, 0.2) is 218 Å². The summed E-state index contributed by atoms with van der Waals surface area (Å²) in [6.07, 6.45) is 0. The average molecular weight is 817 g/mol. The first-order valence-corrected chi connectivity index (χ1v) is 21.6. The maximum atomic E-state index is 7.28. The van der Waals surface area contributed by atoms with Crippen LogP contribution in [0.4, 0.5) is 0 Å². The van der Waals surface area contributed by atoms with E-state index >= 15 is 0 Å². The van der Waals surface area contributed by atoms with Crippen molar-refractivity contribution in [3.63, 3.8) is 0 Å². The van der Waals surface area contributed by atoms with Gasteiger partial charge < -0.3 is 4.74 Å². The minimum atomic E-state index is -0.616. The van der Waals surface area contributed by atoms with Crippen molar-refractivity contribution in [3.8, 4) is 79.2 Å². The van der Waals surface area contributed by atoms with E-state index in [4.69, 9.17) is 24.7 Å². The lowest BCUT2D eigenvalue weighted by molar-refractivity contribution is 0.442. The second-order valence-corrected chi connectivity index (χ2v) is 16.5. The molecule has 0 bridgehead atoms. The lowest BCUT2D eigenvalue weighted by atomic mass is 9.65. The fraction of sp³-hybridized carbons (Fsp3) is 0.0169. The highest BCUT2D eigenvalue weighted by Gasteiger charge is 2.51. The van der Waals surface area contributed by atoms with Crippen molar-refractivity contribution in [2.24, 2.45) is 0 Å². The van der Waals surface area contributed by atoms with Crippen LogP contribution in [-0.2, 0) is 5.41 Å². The van der Waals surface area contributed by atoms with Crippen LogP contribution in [0.3, 0.4) is 0 Å². The largest absolute Gasteiger partial charge is 0.456 e. The molecule has 298 valence electrons. The van der Waals surface area contributed by atoms with Gasteiger partial charge in [-0.05, 0) is 57.6 Å². The molecule has 0 unspecified atom stereocenters. The Bertz CT molecular complexity index is 3580. The summed E-state index contributed by atoms with van der Waals surface area (Å²) in [5.74, 6) is 3.44. The molecule has 0 atom stereocenters. The number of ether oxygens (including phenoxy) is 1. The van der Waals surface area contributed by atoms with E-state index in [0.717, 1.165) is 83.4 Å². The van der Waals surface area contributed by atoms with Crippen LogP contribution in [0.25, 0.3) is 89.4 Å². The van der Waals surface area contributed by atoms with Gasteiger partial charge in [0.05, 0.1) is 16.6 Å². The van der Waals surface area contributed by atoms with Crippen molar-refractivity contribution in [1.82, 2.24) is 19.9 Å². The van der Waals surface area contributed by atoms with Gasteiger partial charge in [-0.3, -0.25) is 0 Å². The maximum Gasteiger partial charge on any atom is 0.164 e. The number of para-hydroxylation sites is 1. The molecule has 2 aliphatic rings. The molecule has 0 saturated heterocycles. The molecule has 11 aromatic rings. The molecule has 0 amide bonds. The quantitative estimate of drug-likeness (QED) is 0.162. The molecule has 1 spiro atoms. The smallest absolute Gasteiger partial charge is 0.164 e. The van der Waals surface area contributed by atoms with Crippen molar-refractivity contribution in [2.45, 2.75) is 5.41 Å². The number of nitrogens with zero attached hydrogens (tertiary/aromatic N) is 4. The van der Waals surface area contributed by atoms with Crippen LogP contribution < -0.4 is 4.74 Å². The number of benzene rings is 9. The number of hydrogen-bond donors (Lipinski definition) is 0. The predicted molar refractivity (Wildman–Crippen MR) is 257 cm³/mol. The highest BCUT2D eigenvalue weighted by atomic mass is 16.5. The van der Waals surface area contributed by atoms with Crippen LogP contribution in [0.1, 0.15) is 22.3 Å². The SMILES string of the molecule is c1ccc(-c2ccc(-c3nc(-c4ccccc4)nc(-c4ccc5nc(-c6ccccc6)c6ccc7c(c6c5c4)Oc4ccccc4C74c5ccccc5-c5ccccc54)n3)cc2)cc1. The molecule has 64 heavy (non-hydrogen) atoms. The number of fused-ring (bicyclic) bond motifs is 13. The Hall–Kier alpha value is -8.54. The number of hydrogen-bond acceptors (Lipinski definition) is 5. The topological polar surface area (TPSA) is 60.8 Å². The van der Waals surface area contributed by atoms with Gasteiger partial charge in [0.25, 0.3) is 0 Å². The first-order valence-electron chi connectivity index (χ1n) is 21.6. The Morgan fingerprint density at radius 2 is 0.812 bits per heavy atom. The van der Waals surface area contributed by atoms with Gasteiger partial charge in [0.1, 0.15) is 11.5 Å². The van der Waals surface area contributed by atoms with Crippen LogP contribution >= 0.6 is 0 Å². The summed E-state index contributed by atoms with van der Waals surface area (Å²) >= 11 is 0. The summed E-state index contributed by atoms with van der Waals surface area (Å²) in [6.45, 7) is 0. The average Bonchev–Trinajstić information content (AvgIpc) is 3.67. The minimum Gasteiger partial charge on any atom is -0.456 e. The van der Waals surface area contributed by atoms with Crippen molar-refractivity contribution >= 4 is 21.7 Å². The molecule has 0 N–H and O–H groups in total. The number of aromatic nitrogens is 4. The number of pyridine rings is 1. The lowest BCUT2D eigenvalue weighted by Crippen LogP contribution is -2.32. The highest BCUT2D eigenvalue weighted by molar-refractivity contribution is 6.16. The molecule has 9 aromatic carbocycles. The Balaban J connectivity index is 1.08. The van der Waals surface area contributed by atoms with E-state index in [1.165, 1.54) is 22.3 Å². The molecule has 1 aliphatic heterocycles. The Labute approximate surface area is 370 Å². The molecule has 0 fully saturated rings. The summed E-state index contributed by atoms with van der Waals surface area (Å²) in [5.41, 5.74) is 14.3. The van der Waals surface area contributed by atoms with Gasteiger partial charge in [-0.1, -0.05) is 194 Å². The molecule has 2 aromatic heterocycles. The number of rotatable bonds is 5. The molecule has 3 heterocycles. The van der Waals surface area contributed by atoms with Crippen molar-refractivity contribution in [1.29, 1.82) is 0 Å². The second kappa shape index (κ2) is 14.3. The van der Waals surface area contributed by atoms with Gasteiger partial charge in [0, 0.05) is 49.5 Å². The van der Waals surface area contributed by atoms with Gasteiger partial charge in [0.15, 0.2) is 17.5 Å². The third-order valence-electron chi connectivity index (χ3n) is 13.0. The second-order valence-electron chi connectivity index (χ2n) is 16.5. The third kappa shape index (κ3) is 5.44.